The van der Waals surface area contributed by atoms with Gasteiger partial charge in [0.1, 0.15) is 0 Å². The molecule has 1 aliphatic rings. The van der Waals surface area contributed by atoms with Crippen molar-refractivity contribution in [3.05, 3.63) is 22.4 Å². The molecule has 0 bridgehead atoms. The Labute approximate surface area is 105 Å². The van der Waals surface area contributed by atoms with Gasteiger partial charge in [0.25, 0.3) is 5.91 Å². The SMILES string of the molecule is O=C(c1ccsc1)N(CCO)CC1CCCN1. The monoisotopic (exact) mass is 254 g/mol. The predicted molar refractivity (Wildman–Crippen MR) is 68.3 cm³/mol. The molecule has 0 radical (unpaired) electrons. The first kappa shape index (κ1) is 12.5. The van der Waals surface area contributed by atoms with E-state index in [9.17, 15) is 4.79 Å². The smallest absolute Gasteiger partial charge is 0.254 e. The highest BCUT2D eigenvalue weighted by Crippen LogP contribution is 2.12. The van der Waals surface area contributed by atoms with Gasteiger partial charge in [-0.3, -0.25) is 4.79 Å². The summed E-state index contributed by atoms with van der Waals surface area (Å²) in [6.07, 6.45) is 2.28. The third kappa shape index (κ3) is 3.28. The van der Waals surface area contributed by atoms with Crippen molar-refractivity contribution < 1.29 is 9.90 Å². The average molecular weight is 254 g/mol. The van der Waals surface area contributed by atoms with E-state index in [4.69, 9.17) is 5.11 Å². The maximum absolute atomic E-state index is 12.2. The highest BCUT2D eigenvalue weighted by atomic mass is 32.1. The second-order valence-electron chi connectivity index (χ2n) is 4.28. The Balaban J connectivity index is 1.98. The van der Waals surface area contributed by atoms with E-state index >= 15 is 0 Å². The first-order chi connectivity index (χ1) is 8.31. The fourth-order valence-electron chi connectivity index (χ4n) is 2.14. The van der Waals surface area contributed by atoms with Crippen molar-refractivity contribution in [3.8, 4) is 0 Å². The summed E-state index contributed by atoms with van der Waals surface area (Å²) in [6, 6.07) is 2.21. The van der Waals surface area contributed by atoms with E-state index in [1.54, 1.807) is 4.90 Å². The number of carbonyl (C=O) groups is 1. The van der Waals surface area contributed by atoms with Gasteiger partial charge in [-0.1, -0.05) is 0 Å². The first-order valence-electron chi connectivity index (χ1n) is 5.97. The fraction of sp³-hybridized carbons (Fsp3) is 0.583. The highest BCUT2D eigenvalue weighted by Gasteiger charge is 2.22. The number of aliphatic hydroxyl groups excluding tert-OH is 1. The number of rotatable bonds is 5. The zero-order valence-corrected chi connectivity index (χ0v) is 10.6. The van der Waals surface area contributed by atoms with E-state index in [-0.39, 0.29) is 12.5 Å². The van der Waals surface area contributed by atoms with Crippen LogP contribution >= 0.6 is 11.3 Å². The van der Waals surface area contributed by atoms with Crippen molar-refractivity contribution in [1.29, 1.82) is 0 Å². The molecule has 0 aliphatic carbocycles. The molecule has 1 atom stereocenters. The van der Waals surface area contributed by atoms with Crippen LogP contribution < -0.4 is 5.32 Å². The summed E-state index contributed by atoms with van der Waals surface area (Å²) in [5.41, 5.74) is 0.724. The largest absolute Gasteiger partial charge is 0.395 e. The van der Waals surface area contributed by atoms with Gasteiger partial charge in [0.2, 0.25) is 0 Å². The van der Waals surface area contributed by atoms with Crippen LogP contribution in [0.1, 0.15) is 23.2 Å². The standard InChI is InChI=1S/C12H18N2O2S/c15-6-5-14(8-11-2-1-4-13-11)12(16)10-3-7-17-9-10/h3,7,9,11,13,15H,1-2,4-6,8H2. The molecule has 0 aromatic carbocycles. The quantitative estimate of drug-likeness (QED) is 0.822. The lowest BCUT2D eigenvalue weighted by Crippen LogP contribution is -2.42. The third-order valence-corrected chi connectivity index (χ3v) is 3.71. The lowest BCUT2D eigenvalue weighted by molar-refractivity contribution is 0.0707. The Morgan fingerprint density at radius 2 is 2.53 bits per heavy atom. The van der Waals surface area contributed by atoms with Crippen LogP contribution in [0.3, 0.4) is 0 Å². The van der Waals surface area contributed by atoms with Crippen molar-refractivity contribution in [2.75, 3.05) is 26.2 Å². The normalized spacial score (nSPS) is 19.5. The maximum atomic E-state index is 12.2. The molecule has 0 saturated carbocycles. The summed E-state index contributed by atoms with van der Waals surface area (Å²) in [5, 5.41) is 16.2. The minimum atomic E-state index is 0.0165. The van der Waals surface area contributed by atoms with E-state index in [0.717, 1.165) is 18.5 Å². The van der Waals surface area contributed by atoms with Gasteiger partial charge in [0.05, 0.1) is 12.2 Å². The van der Waals surface area contributed by atoms with Crippen LogP contribution in [0.2, 0.25) is 0 Å². The Morgan fingerprint density at radius 1 is 1.65 bits per heavy atom. The number of nitrogens with zero attached hydrogens (tertiary/aromatic N) is 1. The lowest BCUT2D eigenvalue weighted by atomic mass is 10.2. The summed E-state index contributed by atoms with van der Waals surface area (Å²) in [4.78, 5) is 13.9. The van der Waals surface area contributed by atoms with Gasteiger partial charge in [-0.25, -0.2) is 0 Å². The molecule has 4 nitrogen and oxygen atoms in total. The summed E-state index contributed by atoms with van der Waals surface area (Å²) in [6.45, 7) is 2.15. The summed E-state index contributed by atoms with van der Waals surface area (Å²) >= 11 is 1.52. The van der Waals surface area contributed by atoms with Crippen molar-refractivity contribution in [2.24, 2.45) is 0 Å². The first-order valence-corrected chi connectivity index (χ1v) is 6.91. The third-order valence-electron chi connectivity index (χ3n) is 3.03. The van der Waals surface area contributed by atoms with Crippen LogP contribution in [0.4, 0.5) is 0 Å². The molecule has 2 rings (SSSR count). The predicted octanol–water partition coefficient (Wildman–Crippen LogP) is 0.935. The number of hydrogen-bond donors (Lipinski definition) is 2. The molecule has 1 saturated heterocycles. The molecule has 1 aliphatic heterocycles. The Kier molecular flexibility index (Phi) is 4.53. The van der Waals surface area contributed by atoms with E-state index in [1.807, 2.05) is 16.8 Å². The number of hydrogen-bond acceptors (Lipinski definition) is 4. The Bertz CT molecular complexity index is 347. The molecule has 1 fully saturated rings. The highest BCUT2D eigenvalue weighted by molar-refractivity contribution is 7.08. The zero-order valence-electron chi connectivity index (χ0n) is 9.76. The number of nitrogens with one attached hydrogen (secondary N) is 1. The molecule has 1 aromatic rings. The molecule has 1 amide bonds. The van der Waals surface area contributed by atoms with Crippen LogP contribution in [0.25, 0.3) is 0 Å². The lowest BCUT2D eigenvalue weighted by Gasteiger charge is -2.24. The minimum Gasteiger partial charge on any atom is -0.395 e. The van der Waals surface area contributed by atoms with Crippen LogP contribution in [-0.4, -0.2) is 48.2 Å². The number of thiophene rings is 1. The Morgan fingerprint density at radius 3 is 3.12 bits per heavy atom. The Hall–Kier alpha value is -0.910. The number of amides is 1. The molecule has 0 spiro atoms. The van der Waals surface area contributed by atoms with Crippen molar-refractivity contribution in [1.82, 2.24) is 10.2 Å². The van der Waals surface area contributed by atoms with Gasteiger partial charge < -0.3 is 15.3 Å². The van der Waals surface area contributed by atoms with Crippen molar-refractivity contribution >= 4 is 17.2 Å². The van der Waals surface area contributed by atoms with E-state index < -0.39 is 0 Å². The minimum absolute atomic E-state index is 0.0165. The van der Waals surface area contributed by atoms with Gasteiger partial charge in [-0.05, 0) is 30.8 Å². The van der Waals surface area contributed by atoms with Crippen molar-refractivity contribution in [2.45, 2.75) is 18.9 Å². The molecule has 17 heavy (non-hydrogen) atoms. The van der Waals surface area contributed by atoms with Crippen LogP contribution in [0.15, 0.2) is 16.8 Å². The summed E-state index contributed by atoms with van der Waals surface area (Å²) in [7, 11) is 0. The van der Waals surface area contributed by atoms with Gasteiger partial charge in [0, 0.05) is 24.5 Å². The molecule has 1 aromatic heterocycles. The van der Waals surface area contributed by atoms with Gasteiger partial charge in [-0.2, -0.15) is 11.3 Å². The van der Waals surface area contributed by atoms with Crippen LogP contribution in [-0.2, 0) is 0 Å². The molecule has 1 unspecified atom stereocenters. The van der Waals surface area contributed by atoms with Crippen LogP contribution in [0, 0.1) is 0 Å². The molecule has 94 valence electrons. The maximum Gasteiger partial charge on any atom is 0.254 e. The molecule has 2 heterocycles. The van der Waals surface area contributed by atoms with E-state index in [1.165, 1.54) is 17.8 Å². The van der Waals surface area contributed by atoms with E-state index in [0.29, 0.717) is 19.1 Å². The zero-order chi connectivity index (χ0) is 12.1. The van der Waals surface area contributed by atoms with Gasteiger partial charge in [0.15, 0.2) is 0 Å². The molecule has 5 heteroatoms. The second-order valence-corrected chi connectivity index (χ2v) is 5.06. The van der Waals surface area contributed by atoms with Crippen LogP contribution in [0.5, 0.6) is 0 Å². The topological polar surface area (TPSA) is 52.6 Å². The summed E-state index contributed by atoms with van der Waals surface area (Å²) in [5.74, 6) is 0.0222. The van der Waals surface area contributed by atoms with Gasteiger partial charge in [-0.15, -0.1) is 0 Å². The van der Waals surface area contributed by atoms with Crippen molar-refractivity contribution in [3.63, 3.8) is 0 Å². The van der Waals surface area contributed by atoms with E-state index in [2.05, 4.69) is 5.32 Å². The second kappa shape index (κ2) is 6.14. The molecular formula is C12H18N2O2S. The summed E-state index contributed by atoms with van der Waals surface area (Å²) < 4.78 is 0. The van der Waals surface area contributed by atoms with Gasteiger partial charge >= 0.3 is 0 Å². The molecular weight excluding hydrogens is 236 g/mol. The number of aliphatic hydroxyl groups is 1. The molecule has 2 N–H and O–H groups in total. The average Bonchev–Trinajstić information content (AvgIpc) is 3.00. The number of carbonyl (C=O) groups excluding carboxylic acids is 1. The fourth-order valence-corrected chi connectivity index (χ4v) is 2.77.